The molecule has 2 aromatic rings. The highest BCUT2D eigenvalue weighted by atomic mass is 16.5. The second-order valence-electron chi connectivity index (χ2n) is 6.61. The second-order valence-corrected chi connectivity index (χ2v) is 6.61. The second kappa shape index (κ2) is 11.6. The van der Waals surface area contributed by atoms with E-state index in [9.17, 15) is 14.4 Å². The molecule has 0 radical (unpaired) electrons. The lowest BCUT2D eigenvalue weighted by Gasteiger charge is -2.08. The molecule has 6 heteroatoms. The molecular formula is C23H27NO5. The number of Topliss-reactive ketones (excluding diaryl/α,β-unsaturated/α-hetero) is 1. The summed E-state index contributed by atoms with van der Waals surface area (Å²) >= 11 is 0. The summed E-state index contributed by atoms with van der Waals surface area (Å²) < 4.78 is 10.3. The van der Waals surface area contributed by atoms with Crippen molar-refractivity contribution in [3.8, 4) is 5.75 Å². The van der Waals surface area contributed by atoms with Gasteiger partial charge in [-0.1, -0.05) is 26.2 Å². The molecule has 154 valence electrons. The fourth-order valence-corrected chi connectivity index (χ4v) is 2.70. The summed E-state index contributed by atoms with van der Waals surface area (Å²) in [5, 5.41) is 2.59. The number of hydrogen-bond donors (Lipinski definition) is 1. The van der Waals surface area contributed by atoms with Crippen LogP contribution < -0.4 is 10.1 Å². The minimum absolute atomic E-state index is 0.116. The Balaban J connectivity index is 1.80. The number of rotatable bonds is 11. The lowest BCUT2D eigenvalue weighted by molar-refractivity contribution is 0.0600. The Kier molecular flexibility index (Phi) is 8.89. The van der Waals surface area contributed by atoms with Crippen molar-refractivity contribution in [1.82, 2.24) is 5.32 Å². The third kappa shape index (κ3) is 7.07. The lowest BCUT2D eigenvalue weighted by Crippen LogP contribution is -2.29. The van der Waals surface area contributed by atoms with Crippen molar-refractivity contribution >= 4 is 17.7 Å². The number of benzene rings is 2. The number of ketones is 1. The predicted octanol–water partition coefficient (Wildman–Crippen LogP) is 4.05. The van der Waals surface area contributed by atoms with Gasteiger partial charge >= 0.3 is 5.97 Å². The summed E-state index contributed by atoms with van der Waals surface area (Å²) in [4.78, 5) is 35.9. The molecule has 0 fully saturated rings. The van der Waals surface area contributed by atoms with Crippen molar-refractivity contribution < 1.29 is 23.9 Å². The monoisotopic (exact) mass is 397 g/mol. The number of methoxy groups -OCH3 is 1. The van der Waals surface area contributed by atoms with E-state index in [2.05, 4.69) is 17.0 Å². The third-order valence-electron chi connectivity index (χ3n) is 4.42. The molecule has 0 aliphatic rings. The van der Waals surface area contributed by atoms with Gasteiger partial charge in [-0.05, 0) is 55.0 Å². The van der Waals surface area contributed by atoms with Gasteiger partial charge in [0.1, 0.15) is 5.75 Å². The van der Waals surface area contributed by atoms with Gasteiger partial charge in [0.15, 0.2) is 5.78 Å². The average Bonchev–Trinajstić information content (AvgIpc) is 2.77. The van der Waals surface area contributed by atoms with Gasteiger partial charge in [-0.25, -0.2) is 4.79 Å². The summed E-state index contributed by atoms with van der Waals surface area (Å²) in [5.41, 5.74) is 1.22. The first kappa shape index (κ1) is 22.1. The molecule has 0 aliphatic carbocycles. The van der Waals surface area contributed by atoms with Crippen LogP contribution in [-0.4, -0.2) is 37.9 Å². The van der Waals surface area contributed by atoms with Gasteiger partial charge in [-0.3, -0.25) is 9.59 Å². The fraction of sp³-hybridized carbons (Fsp3) is 0.348. The first-order valence-corrected chi connectivity index (χ1v) is 9.77. The Bertz CT molecular complexity index is 812. The van der Waals surface area contributed by atoms with Gasteiger partial charge in [0.05, 0.1) is 25.8 Å². The van der Waals surface area contributed by atoms with E-state index in [4.69, 9.17) is 4.74 Å². The van der Waals surface area contributed by atoms with Gasteiger partial charge in [0, 0.05) is 11.1 Å². The molecule has 0 aromatic heterocycles. The molecule has 0 unspecified atom stereocenters. The smallest absolute Gasteiger partial charge is 0.337 e. The summed E-state index contributed by atoms with van der Waals surface area (Å²) in [6.07, 6.45) is 4.56. The van der Waals surface area contributed by atoms with Gasteiger partial charge in [0.25, 0.3) is 5.91 Å². The molecular weight excluding hydrogens is 370 g/mol. The molecule has 0 heterocycles. The van der Waals surface area contributed by atoms with Crippen LogP contribution >= 0.6 is 0 Å². The molecule has 6 nitrogen and oxygen atoms in total. The lowest BCUT2D eigenvalue weighted by atomic mass is 10.1. The minimum atomic E-state index is -0.472. The van der Waals surface area contributed by atoms with E-state index in [0.717, 1.165) is 18.6 Å². The van der Waals surface area contributed by atoms with E-state index in [0.29, 0.717) is 23.3 Å². The van der Waals surface area contributed by atoms with Crippen LogP contribution in [0.15, 0.2) is 48.5 Å². The van der Waals surface area contributed by atoms with E-state index in [-0.39, 0.29) is 18.2 Å². The Morgan fingerprint density at radius 3 is 2.07 bits per heavy atom. The molecule has 1 N–H and O–H groups in total. The number of amides is 1. The maximum absolute atomic E-state index is 12.3. The predicted molar refractivity (Wildman–Crippen MR) is 111 cm³/mol. The van der Waals surface area contributed by atoms with Crippen LogP contribution in [0.5, 0.6) is 5.75 Å². The Morgan fingerprint density at radius 1 is 0.828 bits per heavy atom. The van der Waals surface area contributed by atoms with Crippen molar-refractivity contribution in [3.05, 3.63) is 65.2 Å². The zero-order valence-corrected chi connectivity index (χ0v) is 16.9. The Morgan fingerprint density at radius 2 is 1.45 bits per heavy atom. The quantitative estimate of drug-likeness (QED) is 0.351. The standard InChI is InChI=1S/C23H27NO5/c1-3-4-5-6-15-29-20-13-11-17(12-14-20)21(25)16-24-22(26)18-7-9-19(10-8-18)23(27)28-2/h7-14H,3-6,15-16H2,1-2H3,(H,24,26). The van der Waals surface area contributed by atoms with E-state index in [1.807, 2.05) is 0 Å². The normalized spacial score (nSPS) is 10.3. The topological polar surface area (TPSA) is 81.7 Å². The molecule has 0 bridgehead atoms. The summed E-state index contributed by atoms with van der Waals surface area (Å²) in [5.74, 6) is -0.325. The molecule has 0 saturated carbocycles. The third-order valence-corrected chi connectivity index (χ3v) is 4.42. The zero-order chi connectivity index (χ0) is 21.1. The van der Waals surface area contributed by atoms with Gasteiger partial charge in [-0.2, -0.15) is 0 Å². The van der Waals surface area contributed by atoms with Gasteiger partial charge in [-0.15, -0.1) is 0 Å². The van der Waals surface area contributed by atoms with Crippen molar-refractivity contribution in [3.63, 3.8) is 0 Å². The number of nitrogens with one attached hydrogen (secondary N) is 1. The van der Waals surface area contributed by atoms with Crippen LogP contribution in [0.4, 0.5) is 0 Å². The van der Waals surface area contributed by atoms with Crippen LogP contribution in [0.25, 0.3) is 0 Å². The maximum atomic E-state index is 12.3. The van der Waals surface area contributed by atoms with Gasteiger partial charge < -0.3 is 14.8 Å². The number of carbonyl (C=O) groups is 3. The summed E-state index contributed by atoms with van der Waals surface area (Å²) in [7, 11) is 1.29. The van der Waals surface area contributed by atoms with Crippen LogP contribution in [0, 0.1) is 0 Å². The highest BCUT2D eigenvalue weighted by Gasteiger charge is 2.11. The molecule has 1 amide bonds. The number of ether oxygens (including phenoxy) is 2. The highest BCUT2D eigenvalue weighted by molar-refractivity contribution is 6.02. The minimum Gasteiger partial charge on any atom is -0.494 e. The van der Waals surface area contributed by atoms with Crippen LogP contribution in [-0.2, 0) is 4.74 Å². The molecule has 0 spiro atoms. The largest absolute Gasteiger partial charge is 0.494 e. The molecule has 0 aliphatic heterocycles. The Hall–Kier alpha value is -3.15. The number of carbonyl (C=O) groups excluding carboxylic acids is 3. The van der Waals surface area contributed by atoms with Crippen LogP contribution in [0.3, 0.4) is 0 Å². The van der Waals surface area contributed by atoms with E-state index >= 15 is 0 Å². The highest BCUT2D eigenvalue weighted by Crippen LogP contribution is 2.13. The first-order valence-electron chi connectivity index (χ1n) is 9.77. The van der Waals surface area contributed by atoms with Gasteiger partial charge in [0.2, 0.25) is 0 Å². The van der Waals surface area contributed by atoms with E-state index < -0.39 is 5.97 Å². The zero-order valence-electron chi connectivity index (χ0n) is 16.9. The number of esters is 1. The van der Waals surface area contributed by atoms with E-state index in [1.54, 1.807) is 24.3 Å². The molecule has 0 saturated heterocycles. The SMILES string of the molecule is CCCCCCOc1ccc(C(=O)CNC(=O)c2ccc(C(=O)OC)cc2)cc1. The van der Waals surface area contributed by atoms with Crippen molar-refractivity contribution in [2.75, 3.05) is 20.3 Å². The Labute approximate surface area is 171 Å². The van der Waals surface area contributed by atoms with Crippen molar-refractivity contribution in [2.24, 2.45) is 0 Å². The average molecular weight is 397 g/mol. The van der Waals surface area contributed by atoms with Crippen molar-refractivity contribution in [1.29, 1.82) is 0 Å². The molecule has 2 rings (SSSR count). The maximum Gasteiger partial charge on any atom is 0.337 e. The fourth-order valence-electron chi connectivity index (χ4n) is 2.70. The number of hydrogen-bond acceptors (Lipinski definition) is 5. The van der Waals surface area contributed by atoms with Crippen LogP contribution in [0.1, 0.15) is 63.7 Å². The van der Waals surface area contributed by atoms with Crippen molar-refractivity contribution in [2.45, 2.75) is 32.6 Å². The number of unbranched alkanes of at least 4 members (excludes halogenated alkanes) is 3. The van der Waals surface area contributed by atoms with Crippen LogP contribution in [0.2, 0.25) is 0 Å². The van der Waals surface area contributed by atoms with E-state index in [1.165, 1.54) is 44.2 Å². The molecule has 29 heavy (non-hydrogen) atoms. The summed E-state index contributed by atoms with van der Waals surface area (Å²) in [6, 6.07) is 13.0. The first-order chi connectivity index (χ1) is 14.0. The summed E-state index contributed by atoms with van der Waals surface area (Å²) in [6.45, 7) is 2.71. The molecule has 0 atom stereocenters. The molecule has 2 aromatic carbocycles.